The summed E-state index contributed by atoms with van der Waals surface area (Å²) < 4.78 is 15.7. The number of aromatic hydroxyl groups is 1. The van der Waals surface area contributed by atoms with Gasteiger partial charge in [0.2, 0.25) is 0 Å². The Hall–Kier alpha value is -3.09. The lowest BCUT2D eigenvalue weighted by atomic mass is 10.0. The van der Waals surface area contributed by atoms with E-state index in [2.05, 4.69) is 5.32 Å². The Morgan fingerprint density at radius 3 is 2.28 bits per heavy atom. The number of phenolic OH excluding ortho intramolecular Hbond substituents is 1. The lowest BCUT2D eigenvalue weighted by molar-refractivity contribution is 0.0734. The van der Waals surface area contributed by atoms with Gasteiger partial charge in [0.05, 0.1) is 32.6 Å². The number of fused-ring (bicyclic) bond motifs is 1. The number of methoxy groups -OCH3 is 3. The highest BCUT2D eigenvalue weighted by Gasteiger charge is 2.32. The van der Waals surface area contributed by atoms with Crippen LogP contribution in [0.25, 0.3) is 0 Å². The summed E-state index contributed by atoms with van der Waals surface area (Å²) in [6.45, 7) is 0. The van der Waals surface area contributed by atoms with Crippen molar-refractivity contribution in [1.29, 1.82) is 0 Å². The van der Waals surface area contributed by atoms with Gasteiger partial charge in [-0.15, -0.1) is 0 Å². The summed E-state index contributed by atoms with van der Waals surface area (Å²) in [7, 11) is 6.26. The molecule has 3 rings (SSSR count). The summed E-state index contributed by atoms with van der Waals surface area (Å²) in [5, 5.41) is 13.1. The summed E-state index contributed by atoms with van der Waals surface area (Å²) in [5.41, 5.74) is 1.94. The van der Waals surface area contributed by atoms with Gasteiger partial charge in [0, 0.05) is 13.1 Å². The van der Waals surface area contributed by atoms with Gasteiger partial charge in [0.1, 0.15) is 6.17 Å². The van der Waals surface area contributed by atoms with Gasteiger partial charge in [-0.05, 0) is 23.8 Å². The van der Waals surface area contributed by atoms with Crippen molar-refractivity contribution in [2.45, 2.75) is 6.17 Å². The third-order valence-electron chi connectivity index (χ3n) is 4.27. The highest BCUT2D eigenvalue weighted by molar-refractivity contribution is 6.02. The van der Waals surface area contributed by atoms with Gasteiger partial charge in [-0.3, -0.25) is 4.79 Å². The average Bonchev–Trinajstić information content (AvgIpc) is 2.64. The molecule has 0 saturated carbocycles. The van der Waals surface area contributed by atoms with Crippen molar-refractivity contribution in [2.24, 2.45) is 0 Å². The van der Waals surface area contributed by atoms with Gasteiger partial charge in [0.15, 0.2) is 23.0 Å². The van der Waals surface area contributed by atoms with E-state index >= 15 is 0 Å². The molecule has 1 heterocycles. The Kier molecular flexibility index (Phi) is 4.31. The zero-order chi connectivity index (χ0) is 18.1. The van der Waals surface area contributed by atoms with Crippen LogP contribution in [0.3, 0.4) is 0 Å². The smallest absolute Gasteiger partial charge is 0.257 e. The first kappa shape index (κ1) is 16.8. The minimum Gasteiger partial charge on any atom is -0.504 e. The van der Waals surface area contributed by atoms with Crippen LogP contribution in [0.15, 0.2) is 30.3 Å². The molecule has 7 nitrogen and oxygen atoms in total. The van der Waals surface area contributed by atoms with Crippen molar-refractivity contribution in [3.05, 3.63) is 41.5 Å². The van der Waals surface area contributed by atoms with Crippen LogP contribution < -0.4 is 19.5 Å². The number of carbonyl (C=O) groups excluding carboxylic acids is 1. The molecule has 1 atom stereocenters. The number of carbonyl (C=O) groups is 1. The van der Waals surface area contributed by atoms with Crippen molar-refractivity contribution < 1.29 is 24.1 Å². The summed E-state index contributed by atoms with van der Waals surface area (Å²) in [6, 6.07) is 8.38. The second kappa shape index (κ2) is 6.43. The summed E-state index contributed by atoms with van der Waals surface area (Å²) in [6.07, 6.45) is -0.410. The van der Waals surface area contributed by atoms with Gasteiger partial charge in [-0.1, -0.05) is 6.07 Å². The van der Waals surface area contributed by atoms with Crippen LogP contribution in [0, 0.1) is 0 Å². The monoisotopic (exact) mass is 344 g/mol. The molecule has 0 saturated heterocycles. The first-order valence-corrected chi connectivity index (χ1v) is 7.66. The molecule has 25 heavy (non-hydrogen) atoms. The van der Waals surface area contributed by atoms with E-state index in [4.69, 9.17) is 14.2 Å². The number of benzene rings is 2. The molecule has 2 aromatic carbocycles. The second-order valence-corrected chi connectivity index (χ2v) is 5.65. The molecule has 1 aliphatic heterocycles. The quantitative estimate of drug-likeness (QED) is 0.887. The maximum atomic E-state index is 12.8. The molecule has 1 aliphatic rings. The number of hydrogen-bond acceptors (Lipinski definition) is 6. The van der Waals surface area contributed by atoms with Crippen molar-refractivity contribution in [3.63, 3.8) is 0 Å². The summed E-state index contributed by atoms with van der Waals surface area (Å²) >= 11 is 0. The first-order valence-electron chi connectivity index (χ1n) is 7.66. The first-order chi connectivity index (χ1) is 12.0. The fraction of sp³-hybridized carbons (Fsp3) is 0.278. The maximum Gasteiger partial charge on any atom is 0.257 e. The number of nitrogens with one attached hydrogen (secondary N) is 1. The van der Waals surface area contributed by atoms with Gasteiger partial charge in [0.25, 0.3) is 5.91 Å². The van der Waals surface area contributed by atoms with E-state index < -0.39 is 6.17 Å². The minimum absolute atomic E-state index is 0.0443. The molecule has 0 aliphatic carbocycles. The molecule has 0 radical (unpaired) electrons. The van der Waals surface area contributed by atoms with Crippen molar-refractivity contribution in [1.82, 2.24) is 4.90 Å². The van der Waals surface area contributed by atoms with Crippen LogP contribution in [0.1, 0.15) is 22.1 Å². The van der Waals surface area contributed by atoms with Gasteiger partial charge >= 0.3 is 0 Å². The fourth-order valence-corrected chi connectivity index (χ4v) is 2.90. The van der Waals surface area contributed by atoms with Crippen LogP contribution in [-0.2, 0) is 0 Å². The van der Waals surface area contributed by atoms with Crippen LogP contribution in [0.4, 0.5) is 5.69 Å². The number of rotatable bonds is 4. The molecule has 0 unspecified atom stereocenters. The number of ether oxygens (including phenoxy) is 3. The standard InChI is InChI=1S/C18H20N2O5/c1-20-17(10-5-6-13(21)14(7-10)23-2)19-12-9-16(25-4)15(24-3)8-11(12)18(20)22/h5-9,17,19,21H,1-4H3/t17-/m0/s1. The number of nitrogens with zero attached hydrogens (tertiary/aromatic N) is 1. The van der Waals surface area contributed by atoms with Crippen LogP contribution in [0.5, 0.6) is 23.0 Å². The lowest BCUT2D eigenvalue weighted by Crippen LogP contribution is -2.40. The minimum atomic E-state index is -0.410. The predicted octanol–water partition coefficient (Wildman–Crippen LogP) is 2.61. The SMILES string of the molecule is COc1cc([C@H]2Nc3cc(OC)c(OC)cc3C(=O)N2C)ccc1O. The highest BCUT2D eigenvalue weighted by atomic mass is 16.5. The van der Waals surface area contributed by atoms with Gasteiger partial charge < -0.3 is 29.5 Å². The van der Waals surface area contributed by atoms with Crippen LogP contribution >= 0.6 is 0 Å². The van der Waals surface area contributed by atoms with Crippen molar-refractivity contribution in [2.75, 3.05) is 33.7 Å². The molecule has 0 spiro atoms. The Labute approximate surface area is 145 Å². The largest absolute Gasteiger partial charge is 0.504 e. The number of phenols is 1. The number of hydrogen-bond donors (Lipinski definition) is 2. The average molecular weight is 344 g/mol. The summed E-state index contributed by atoms with van der Waals surface area (Å²) in [5.74, 6) is 1.27. The maximum absolute atomic E-state index is 12.8. The molecule has 0 bridgehead atoms. The predicted molar refractivity (Wildman–Crippen MR) is 92.7 cm³/mol. The van der Waals surface area contributed by atoms with E-state index in [0.29, 0.717) is 28.5 Å². The zero-order valence-electron chi connectivity index (χ0n) is 14.5. The van der Waals surface area contributed by atoms with E-state index in [0.717, 1.165) is 5.56 Å². The third kappa shape index (κ3) is 2.77. The highest BCUT2D eigenvalue weighted by Crippen LogP contribution is 2.40. The molecular weight excluding hydrogens is 324 g/mol. The number of anilines is 1. The summed E-state index contributed by atoms with van der Waals surface area (Å²) in [4.78, 5) is 14.4. The van der Waals surface area contributed by atoms with Crippen LogP contribution in [-0.4, -0.2) is 44.3 Å². The molecule has 1 amide bonds. The molecule has 0 fully saturated rings. The molecule has 7 heteroatoms. The zero-order valence-corrected chi connectivity index (χ0v) is 14.5. The van der Waals surface area contributed by atoms with Gasteiger partial charge in [-0.2, -0.15) is 0 Å². The van der Waals surface area contributed by atoms with Crippen molar-refractivity contribution >= 4 is 11.6 Å². The Balaban J connectivity index is 2.05. The molecule has 2 aromatic rings. The van der Waals surface area contributed by atoms with E-state index in [1.54, 1.807) is 43.3 Å². The Morgan fingerprint density at radius 2 is 1.64 bits per heavy atom. The molecule has 132 valence electrons. The van der Waals surface area contributed by atoms with Crippen molar-refractivity contribution in [3.8, 4) is 23.0 Å². The third-order valence-corrected chi connectivity index (χ3v) is 4.27. The molecule has 2 N–H and O–H groups in total. The Bertz CT molecular complexity index is 821. The van der Waals surface area contributed by atoms with Gasteiger partial charge in [-0.25, -0.2) is 0 Å². The van der Waals surface area contributed by atoms with E-state index in [1.165, 1.54) is 20.3 Å². The second-order valence-electron chi connectivity index (χ2n) is 5.65. The topological polar surface area (TPSA) is 80.3 Å². The van der Waals surface area contributed by atoms with E-state index in [1.807, 2.05) is 0 Å². The molecular formula is C18H20N2O5. The Morgan fingerprint density at radius 1 is 1.00 bits per heavy atom. The van der Waals surface area contributed by atoms with Crippen LogP contribution in [0.2, 0.25) is 0 Å². The fourth-order valence-electron chi connectivity index (χ4n) is 2.90. The normalized spacial score (nSPS) is 16.1. The number of amides is 1. The van der Waals surface area contributed by atoms with E-state index in [-0.39, 0.29) is 11.7 Å². The van der Waals surface area contributed by atoms with E-state index in [9.17, 15) is 9.90 Å². The molecule has 0 aromatic heterocycles. The lowest BCUT2D eigenvalue weighted by Gasteiger charge is -2.36.